The molecule has 1 aliphatic heterocycles. The van der Waals surface area contributed by atoms with Crippen molar-refractivity contribution < 1.29 is 4.52 Å². The summed E-state index contributed by atoms with van der Waals surface area (Å²) < 4.78 is 5.14. The molecule has 4 nitrogen and oxygen atoms in total. The first-order chi connectivity index (χ1) is 5.90. The van der Waals surface area contributed by atoms with Gasteiger partial charge in [0.1, 0.15) is 0 Å². The van der Waals surface area contributed by atoms with Crippen LogP contribution in [-0.2, 0) is 6.42 Å². The number of rotatable bonds is 2. The van der Waals surface area contributed by atoms with Crippen LogP contribution in [0.5, 0.6) is 0 Å². The van der Waals surface area contributed by atoms with Crippen LogP contribution in [0.4, 0.5) is 0 Å². The molecule has 0 aliphatic carbocycles. The smallest absolute Gasteiger partial charge is 0.231 e. The zero-order chi connectivity index (χ0) is 8.39. The maximum absolute atomic E-state index is 5.14. The van der Waals surface area contributed by atoms with Crippen LogP contribution >= 0.6 is 0 Å². The van der Waals surface area contributed by atoms with Crippen molar-refractivity contribution in [1.29, 1.82) is 0 Å². The van der Waals surface area contributed by atoms with Gasteiger partial charge in [0.15, 0.2) is 5.82 Å². The molecular weight excluding hydrogens is 154 g/mol. The zero-order valence-corrected chi connectivity index (χ0v) is 7.21. The summed E-state index contributed by atoms with van der Waals surface area (Å²) in [4.78, 5) is 4.29. The second-order valence-electron chi connectivity index (χ2n) is 3.09. The average Bonchev–Trinajstić information content (AvgIpc) is 2.75. The van der Waals surface area contributed by atoms with Crippen LogP contribution in [0, 0.1) is 0 Å². The number of aryl methyl sites for hydroxylation is 1. The van der Waals surface area contributed by atoms with Gasteiger partial charge in [0.05, 0.1) is 5.92 Å². The Hall–Kier alpha value is -0.900. The Morgan fingerprint density at radius 1 is 1.67 bits per heavy atom. The summed E-state index contributed by atoms with van der Waals surface area (Å²) in [6.07, 6.45) is 1.97. The fourth-order valence-electron chi connectivity index (χ4n) is 1.44. The van der Waals surface area contributed by atoms with E-state index >= 15 is 0 Å². The van der Waals surface area contributed by atoms with Crippen molar-refractivity contribution in [2.45, 2.75) is 25.7 Å². The predicted octanol–water partition coefficient (Wildman–Crippen LogP) is 0.709. The van der Waals surface area contributed by atoms with E-state index in [1.807, 2.05) is 6.92 Å². The molecule has 0 saturated carbocycles. The molecule has 66 valence electrons. The van der Waals surface area contributed by atoms with Gasteiger partial charge in [0, 0.05) is 13.0 Å². The van der Waals surface area contributed by atoms with Crippen LogP contribution in [0.1, 0.15) is 31.0 Å². The highest BCUT2D eigenvalue weighted by Gasteiger charge is 2.22. The van der Waals surface area contributed by atoms with Gasteiger partial charge in [-0.25, -0.2) is 0 Å². The average molecular weight is 167 g/mol. The maximum Gasteiger partial charge on any atom is 0.231 e. The summed E-state index contributed by atoms with van der Waals surface area (Å²) >= 11 is 0. The lowest BCUT2D eigenvalue weighted by atomic mass is 10.1. The molecule has 1 aromatic heterocycles. The summed E-state index contributed by atoms with van der Waals surface area (Å²) in [5.41, 5.74) is 0. The van der Waals surface area contributed by atoms with E-state index in [1.54, 1.807) is 0 Å². The minimum atomic E-state index is 0.442. The van der Waals surface area contributed by atoms with Gasteiger partial charge < -0.3 is 9.84 Å². The van der Waals surface area contributed by atoms with E-state index in [4.69, 9.17) is 4.52 Å². The highest BCUT2D eigenvalue weighted by atomic mass is 16.5. The van der Waals surface area contributed by atoms with Crippen molar-refractivity contribution in [3.63, 3.8) is 0 Å². The summed E-state index contributed by atoms with van der Waals surface area (Å²) in [6.45, 7) is 4.07. The topological polar surface area (TPSA) is 51.0 Å². The fourth-order valence-corrected chi connectivity index (χ4v) is 1.44. The summed E-state index contributed by atoms with van der Waals surface area (Å²) in [5.74, 6) is 2.06. The van der Waals surface area contributed by atoms with Gasteiger partial charge >= 0.3 is 0 Å². The van der Waals surface area contributed by atoms with E-state index in [1.165, 1.54) is 0 Å². The van der Waals surface area contributed by atoms with Crippen molar-refractivity contribution >= 4 is 0 Å². The number of hydrogen-bond donors (Lipinski definition) is 1. The number of hydrogen-bond acceptors (Lipinski definition) is 4. The molecular formula is C8H13N3O. The second-order valence-corrected chi connectivity index (χ2v) is 3.09. The van der Waals surface area contributed by atoms with E-state index in [2.05, 4.69) is 15.5 Å². The number of nitrogens with zero attached hydrogens (tertiary/aromatic N) is 2. The molecule has 1 aromatic rings. The Balaban J connectivity index is 2.11. The molecule has 12 heavy (non-hydrogen) atoms. The zero-order valence-electron chi connectivity index (χ0n) is 7.21. The Bertz CT molecular complexity index is 253. The molecule has 2 rings (SSSR count). The van der Waals surface area contributed by atoms with Crippen LogP contribution in [0.15, 0.2) is 4.52 Å². The monoisotopic (exact) mass is 167 g/mol. The maximum atomic E-state index is 5.14. The fraction of sp³-hybridized carbons (Fsp3) is 0.750. The second kappa shape index (κ2) is 3.23. The van der Waals surface area contributed by atoms with Crippen molar-refractivity contribution in [3.05, 3.63) is 11.7 Å². The molecule has 1 aliphatic rings. The predicted molar refractivity (Wildman–Crippen MR) is 43.9 cm³/mol. The highest BCUT2D eigenvalue weighted by molar-refractivity contribution is 4.97. The van der Waals surface area contributed by atoms with Crippen LogP contribution in [0.25, 0.3) is 0 Å². The van der Waals surface area contributed by atoms with Gasteiger partial charge in [-0.05, 0) is 13.0 Å². The Kier molecular flexibility index (Phi) is 2.08. The lowest BCUT2D eigenvalue weighted by Gasteiger charge is -1.98. The Labute approximate surface area is 71.4 Å². The summed E-state index contributed by atoms with van der Waals surface area (Å²) in [7, 11) is 0. The van der Waals surface area contributed by atoms with Crippen molar-refractivity contribution in [2.24, 2.45) is 0 Å². The SMILES string of the molecule is CCc1noc([C@H]2CCNC2)n1. The summed E-state index contributed by atoms with van der Waals surface area (Å²) in [5, 5.41) is 7.14. The summed E-state index contributed by atoms with van der Waals surface area (Å²) in [6, 6.07) is 0. The van der Waals surface area contributed by atoms with Crippen LogP contribution in [0.2, 0.25) is 0 Å². The molecule has 0 bridgehead atoms. The molecule has 1 fully saturated rings. The third kappa shape index (κ3) is 1.34. The first-order valence-corrected chi connectivity index (χ1v) is 4.43. The molecule has 2 heterocycles. The van der Waals surface area contributed by atoms with E-state index in [0.717, 1.165) is 37.6 Å². The normalized spacial score (nSPS) is 23.2. The molecule has 4 heteroatoms. The molecule has 1 saturated heterocycles. The number of nitrogens with one attached hydrogen (secondary N) is 1. The highest BCUT2D eigenvalue weighted by Crippen LogP contribution is 2.19. The lowest BCUT2D eigenvalue weighted by Crippen LogP contribution is -2.08. The Morgan fingerprint density at radius 3 is 3.17 bits per heavy atom. The van der Waals surface area contributed by atoms with Gasteiger partial charge in [-0.2, -0.15) is 4.98 Å². The van der Waals surface area contributed by atoms with E-state index in [0.29, 0.717) is 5.92 Å². The van der Waals surface area contributed by atoms with Crippen molar-refractivity contribution in [3.8, 4) is 0 Å². The van der Waals surface area contributed by atoms with E-state index in [9.17, 15) is 0 Å². The first kappa shape index (κ1) is 7.73. The molecule has 0 amide bonds. The van der Waals surface area contributed by atoms with Gasteiger partial charge in [-0.3, -0.25) is 0 Å². The molecule has 0 radical (unpaired) electrons. The molecule has 0 unspecified atom stereocenters. The quantitative estimate of drug-likeness (QED) is 0.704. The standard InChI is InChI=1S/C8H13N3O/c1-2-7-10-8(12-11-7)6-3-4-9-5-6/h6,9H,2-5H2,1H3/t6-/m0/s1. The third-order valence-electron chi connectivity index (χ3n) is 2.21. The third-order valence-corrected chi connectivity index (χ3v) is 2.21. The molecule has 1 atom stereocenters. The molecule has 1 N–H and O–H groups in total. The van der Waals surface area contributed by atoms with Crippen molar-refractivity contribution in [1.82, 2.24) is 15.5 Å². The largest absolute Gasteiger partial charge is 0.339 e. The van der Waals surface area contributed by atoms with Gasteiger partial charge in [-0.15, -0.1) is 0 Å². The van der Waals surface area contributed by atoms with Gasteiger partial charge in [0.2, 0.25) is 5.89 Å². The van der Waals surface area contributed by atoms with Gasteiger partial charge in [0.25, 0.3) is 0 Å². The number of aromatic nitrogens is 2. The van der Waals surface area contributed by atoms with E-state index in [-0.39, 0.29) is 0 Å². The minimum absolute atomic E-state index is 0.442. The molecule has 0 spiro atoms. The van der Waals surface area contributed by atoms with Crippen LogP contribution in [-0.4, -0.2) is 23.2 Å². The van der Waals surface area contributed by atoms with E-state index < -0.39 is 0 Å². The van der Waals surface area contributed by atoms with Crippen LogP contribution < -0.4 is 5.32 Å². The Morgan fingerprint density at radius 2 is 2.58 bits per heavy atom. The lowest BCUT2D eigenvalue weighted by molar-refractivity contribution is 0.355. The van der Waals surface area contributed by atoms with Crippen LogP contribution in [0.3, 0.4) is 0 Å². The minimum Gasteiger partial charge on any atom is -0.339 e. The first-order valence-electron chi connectivity index (χ1n) is 4.43. The van der Waals surface area contributed by atoms with Crippen molar-refractivity contribution in [2.75, 3.05) is 13.1 Å². The van der Waals surface area contributed by atoms with Gasteiger partial charge in [-0.1, -0.05) is 12.1 Å². The molecule has 0 aromatic carbocycles.